The van der Waals surface area contributed by atoms with Crippen molar-refractivity contribution >= 4 is 11.8 Å². The molecule has 1 fully saturated rings. The molecular formula is C22H22F3N3O4. The fourth-order valence-electron chi connectivity index (χ4n) is 4.59. The molecule has 4 rings (SSSR count). The summed E-state index contributed by atoms with van der Waals surface area (Å²) < 4.78 is 42.3. The second kappa shape index (κ2) is 8.33. The Morgan fingerprint density at radius 1 is 1.22 bits per heavy atom. The van der Waals surface area contributed by atoms with Gasteiger partial charge in [-0.1, -0.05) is 13.3 Å². The summed E-state index contributed by atoms with van der Waals surface area (Å²) >= 11 is 0. The first-order valence-electron chi connectivity index (χ1n) is 10.4. The van der Waals surface area contributed by atoms with E-state index in [0.29, 0.717) is 25.2 Å². The third kappa shape index (κ3) is 3.63. The van der Waals surface area contributed by atoms with E-state index < -0.39 is 58.1 Å². The van der Waals surface area contributed by atoms with Crippen molar-refractivity contribution in [2.24, 2.45) is 5.92 Å². The summed E-state index contributed by atoms with van der Waals surface area (Å²) in [5.74, 6) is -5.55. The van der Waals surface area contributed by atoms with Crippen LogP contribution in [-0.4, -0.2) is 39.5 Å². The molecule has 3 heterocycles. The molecule has 0 spiro atoms. The number of benzene rings is 1. The van der Waals surface area contributed by atoms with Crippen LogP contribution in [0.4, 0.5) is 13.2 Å². The molecule has 1 aromatic heterocycles. The number of pyridine rings is 1. The molecule has 10 heteroatoms. The van der Waals surface area contributed by atoms with Crippen molar-refractivity contribution < 1.29 is 27.9 Å². The van der Waals surface area contributed by atoms with E-state index >= 15 is 0 Å². The Hall–Kier alpha value is -3.30. The minimum absolute atomic E-state index is 0.154. The van der Waals surface area contributed by atoms with E-state index in [4.69, 9.17) is 0 Å². The lowest BCUT2D eigenvalue weighted by Crippen LogP contribution is -2.45. The van der Waals surface area contributed by atoms with Crippen LogP contribution in [0.25, 0.3) is 0 Å². The highest BCUT2D eigenvalue weighted by atomic mass is 19.1. The van der Waals surface area contributed by atoms with Gasteiger partial charge in [0.2, 0.25) is 5.43 Å². The molecule has 0 radical (unpaired) electrons. The molecule has 2 aromatic rings. The van der Waals surface area contributed by atoms with Crippen LogP contribution in [0.5, 0.6) is 5.75 Å². The molecule has 7 nitrogen and oxygen atoms in total. The highest BCUT2D eigenvalue weighted by Gasteiger charge is 2.39. The van der Waals surface area contributed by atoms with Crippen molar-refractivity contribution in [3.63, 3.8) is 0 Å². The molecular weight excluding hydrogens is 427 g/mol. The number of halogens is 3. The minimum atomic E-state index is -1.18. The summed E-state index contributed by atoms with van der Waals surface area (Å²) in [5, 5.41) is 12.8. The smallest absolute Gasteiger partial charge is 0.274 e. The van der Waals surface area contributed by atoms with Crippen LogP contribution in [0, 0.1) is 23.4 Å². The van der Waals surface area contributed by atoms with Crippen LogP contribution < -0.4 is 10.7 Å². The van der Waals surface area contributed by atoms with Crippen LogP contribution in [0.2, 0.25) is 0 Å². The van der Waals surface area contributed by atoms with Gasteiger partial charge in [0.15, 0.2) is 11.4 Å². The fourth-order valence-corrected chi connectivity index (χ4v) is 4.59. The normalized spacial score (nSPS) is 20.0. The summed E-state index contributed by atoms with van der Waals surface area (Å²) in [6, 6.07) is 0.747. The number of fused-ring (bicyclic) bond motifs is 4. The Morgan fingerprint density at radius 3 is 2.56 bits per heavy atom. The number of nitrogens with one attached hydrogen (secondary N) is 1. The summed E-state index contributed by atoms with van der Waals surface area (Å²) in [6.07, 6.45) is 3.69. The lowest BCUT2D eigenvalue weighted by Gasteiger charge is -2.37. The monoisotopic (exact) mass is 449 g/mol. The Morgan fingerprint density at radius 2 is 1.91 bits per heavy atom. The molecule has 170 valence electrons. The van der Waals surface area contributed by atoms with Gasteiger partial charge in [-0.3, -0.25) is 14.4 Å². The quantitative estimate of drug-likeness (QED) is 0.751. The Labute approximate surface area is 181 Å². The van der Waals surface area contributed by atoms with Crippen LogP contribution >= 0.6 is 0 Å². The molecule has 2 aliphatic heterocycles. The van der Waals surface area contributed by atoms with Crippen LogP contribution in [-0.2, 0) is 6.54 Å². The molecule has 32 heavy (non-hydrogen) atoms. The van der Waals surface area contributed by atoms with Crippen molar-refractivity contribution in [1.29, 1.82) is 0 Å². The first-order chi connectivity index (χ1) is 15.2. The topological polar surface area (TPSA) is 91.6 Å². The van der Waals surface area contributed by atoms with Gasteiger partial charge >= 0.3 is 0 Å². The number of hydrogen-bond donors (Lipinski definition) is 2. The van der Waals surface area contributed by atoms with Crippen molar-refractivity contribution in [2.75, 3.05) is 13.1 Å². The largest absolute Gasteiger partial charge is 0.503 e. The van der Waals surface area contributed by atoms with E-state index in [1.54, 1.807) is 4.90 Å². The molecule has 0 saturated carbocycles. The maximum absolute atomic E-state index is 13.9. The van der Waals surface area contributed by atoms with E-state index in [9.17, 15) is 32.7 Å². The van der Waals surface area contributed by atoms with Gasteiger partial charge in [0.25, 0.3) is 11.8 Å². The van der Waals surface area contributed by atoms with E-state index in [0.717, 1.165) is 19.3 Å². The zero-order valence-corrected chi connectivity index (χ0v) is 17.3. The third-order valence-electron chi connectivity index (χ3n) is 6.31. The molecule has 2 atom stereocenters. The zero-order chi connectivity index (χ0) is 23.2. The number of aromatic hydroxyl groups is 1. The molecule has 2 N–H and O–H groups in total. The van der Waals surface area contributed by atoms with E-state index in [1.165, 1.54) is 10.8 Å². The molecule has 0 aliphatic carbocycles. The Balaban J connectivity index is 1.70. The van der Waals surface area contributed by atoms with Gasteiger partial charge < -0.3 is 19.9 Å². The van der Waals surface area contributed by atoms with Gasteiger partial charge in [-0.15, -0.1) is 0 Å². The number of nitrogens with zero attached hydrogens (tertiary/aromatic N) is 2. The second-order valence-corrected chi connectivity index (χ2v) is 8.14. The van der Waals surface area contributed by atoms with E-state index in [-0.39, 0.29) is 17.7 Å². The second-order valence-electron chi connectivity index (χ2n) is 8.14. The molecule has 2 amide bonds. The first-order valence-corrected chi connectivity index (χ1v) is 10.4. The standard InChI is InChI=1S/C22H22F3N3O4/c1-2-11-4-3-5-27-10-17(11)28-9-14(19(29)20(30)18(28)22(27)32)21(31)26-8-13-15(24)6-12(23)7-16(13)25/h6-7,9,11,17,30H,2-5,8,10H2,1H3,(H,26,31). The maximum atomic E-state index is 13.9. The first kappa shape index (κ1) is 21.9. The van der Waals surface area contributed by atoms with Gasteiger partial charge in [-0.05, 0) is 18.8 Å². The van der Waals surface area contributed by atoms with Crippen molar-refractivity contribution in [2.45, 2.75) is 38.8 Å². The van der Waals surface area contributed by atoms with Gasteiger partial charge in [0, 0.05) is 43.5 Å². The Kier molecular flexibility index (Phi) is 5.70. The lowest BCUT2D eigenvalue weighted by molar-refractivity contribution is 0.0657. The molecule has 2 unspecified atom stereocenters. The van der Waals surface area contributed by atoms with Crippen molar-refractivity contribution in [3.05, 3.63) is 62.8 Å². The maximum Gasteiger partial charge on any atom is 0.274 e. The third-order valence-corrected chi connectivity index (χ3v) is 6.31. The van der Waals surface area contributed by atoms with Gasteiger partial charge in [-0.25, -0.2) is 13.2 Å². The summed E-state index contributed by atoms with van der Waals surface area (Å²) in [4.78, 5) is 39.8. The van der Waals surface area contributed by atoms with Crippen molar-refractivity contribution in [3.8, 4) is 5.75 Å². The highest BCUT2D eigenvalue weighted by molar-refractivity contribution is 5.99. The fraction of sp³-hybridized carbons (Fsp3) is 0.409. The summed E-state index contributed by atoms with van der Waals surface area (Å²) in [6.45, 7) is 2.31. The summed E-state index contributed by atoms with van der Waals surface area (Å²) in [7, 11) is 0. The average molecular weight is 449 g/mol. The molecule has 2 aliphatic rings. The predicted octanol–water partition coefficient (Wildman–Crippen LogP) is 2.72. The highest BCUT2D eigenvalue weighted by Crippen LogP contribution is 2.36. The van der Waals surface area contributed by atoms with Gasteiger partial charge in [0.05, 0.1) is 6.04 Å². The minimum Gasteiger partial charge on any atom is -0.503 e. The van der Waals surface area contributed by atoms with E-state index in [2.05, 4.69) is 5.32 Å². The molecule has 2 bridgehead atoms. The Bertz CT molecular complexity index is 1140. The van der Waals surface area contributed by atoms with Crippen molar-refractivity contribution in [1.82, 2.24) is 14.8 Å². The SMILES string of the molecule is CCC1CCCN2CC1n1cc(C(=O)NCc3c(F)cc(F)cc3F)c(=O)c(O)c1C2=O. The van der Waals surface area contributed by atoms with Crippen LogP contribution in [0.1, 0.15) is 58.6 Å². The number of carbonyl (C=O) groups is 2. The molecule has 1 saturated heterocycles. The number of rotatable bonds is 4. The van der Waals surface area contributed by atoms with Crippen LogP contribution in [0.15, 0.2) is 23.1 Å². The number of amides is 2. The van der Waals surface area contributed by atoms with Crippen LogP contribution in [0.3, 0.4) is 0 Å². The van der Waals surface area contributed by atoms with Gasteiger partial charge in [0.1, 0.15) is 23.0 Å². The zero-order valence-electron chi connectivity index (χ0n) is 17.3. The summed E-state index contributed by atoms with van der Waals surface area (Å²) in [5.41, 5.74) is -2.22. The van der Waals surface area contributed by atoms with Gasteiger partial charge in [-0.2, -0.15) is 0 Å². The number of carbonyl (C=O) groups excluding carboxylic acids is 2. The van der Waals surface area contributed by atoms with E-state index in [1.807, 2.05) is 6.92 Å². The number of aromatic nitrogens is 1. The lowest BCUT2D eigenvalue weighted by atomic mass is 9.91. The average Bonchev–Trinajstić information content (AvgIpc) is 2.93. The molecule has 1 aromatic carbocycles. The predicted molar refractivity (Wildman–Crippen MR) is 108 cm³/mol. The number of hydrogen-bond acceptors (Lipinski definition) is 4.